The topological polar surface area (TPSA) is 0 Å². The van der Waals surface area contributed by atoms with Gasteiger partial charge in [-0.25, -0.2) is 0 Å². The molecule has 3 heteroatoms. The molecule has 200 valence electrons. The van der Waals surface area contributed by atoms with Crippen LogP contribution in [0.2, 0.25) is 0 Å². The van der Waals surface area contributed by atoms with Gasteiger partial charge in [-0.05, 0) is 61.2 Å². The summed E-state index contributed by atoms with van der Waals surface area (Å²) in [7, 11) is -1.68. The van der Waals surface area contributed by atoms with E-state index in [0.717, 1.165) is 0 Å². The molecule has 0 aliphatic heterocycles. The van der Waals surface area contributed by atoms with E-state index in [2.05, 4.69) is 189 Å². The average Bonchev–Trinajstić information content (AvgIpc) is 3.07. The van der Waals surface area contributed by atoms with Crippen LogP contribution < -0.4 is 31.8 Å². The number of benzene rings is 6. The molecule has 6 aromatic rings. The van der Waals surface area contributed by atoms with Crippen molar-refractivity contribution in [2.75, 3.05) is 6.66 Å². The van der Waals surface area contributed by atoms with Crippen LogP contribution in [0.1, 0.15) is 0 Å². The van der Waals surface area contributed by atoms with Gasteiger partial charge in [-0.2, -0.15) is 0 Å². The fraction of sp³-hybridized carbons (Fsp3) is 0.0263. The monoisotopic (exact) mass is 582 g/mol. The van der Waals surface area contributed by atoms with Gasteiger partial charge in [0, 0.05) is 4.78 Å². The van der Waals surface area contributed by atoms with Crippen LogP contribution in [0.5, 0.6) is 0 Å². The number of hydrogen-bond donors (Lipinski definition) is 0. The minimum atomic E-state index is -2.08. The predicted octanol–water partition coefficient (Wildman–Crippen LogP) is 7.64. The molecule has 0 heterocycles. The van der Waals surface area contributed by atoms with E-state index in [1.165, 1.54) is 31.8 Å². The van der Waals surface area contributed by atoms with Gasteiger partial charge < -0.3 is 0 Å². The zero-order chi connectivity index (χ0) is 27.9. The highest BCUT2D eigenvalue weighted by Crippen LogP contribution is 2.63. The van der Waals surface area contributed by atoms with Crippen molar-refractivity contribution in [1.29, 1.82) is 0 Å². The van der Waals surface area contributed by atoms with Gasteiger partial charge in [0.25, 0.3) is 0 Å². The fourth-order valence-corrected chi connectivity index (χ4v) is 19.3. The highest BCUT2D eigenvalue weighted by atomic mass is 31.2. The molecule has 0 saturated heterocycles. The van der Waals surface area contributed by atoms with Gasteiger partial charge in [-0.1, -0.05) is 182 Å². The van der Waals surface area contributed by atoms with E-state index in [0.29, 0.717) is 0 Å². The molecule has 0 aliphatic carbocycles. The Labute approximate surface area is 247 Å². The Morgan fingerprint density at radius 2 is 0.561 bits per heavy atom. The van der Waals surface area contributed by atoms with Crippen molar-refractivity contribution in [2.45, 2.75) is 0 Å². The van der Waals surface area contributed by atoms with E-state index in [9.17, 15) is 0 Å². The summed E-state index contributed by atoms with van der Waals surface area (Å²) >= 11 is 0. The Hall–Kier alpha value is -3.52. The molecule has 0 radical (unpaired) electrons. The first kappa shape index (κ1) is 27.6. The van der Waals surface area contributed by atoms with Gasteiger partial charge >= 0.3 is 0 Å². The summed E-state index contributed by atoms with van der Waals surface area (Å²) < 4.78 is 1.68. The molecule has 6 aromatic carbocycles. The third-order valence-electron chi connectivity index (χ3n) is 7.40. The standard InChI is InChI=1S/C38H33P3/c1-41(36-28-16-6-17-29-36,37-30-18-7-19-31-37)38(39(32-20-8-2-9-21-32)33-22-10-3-11-23-33)40(34-24-12-4-13-25-34)35-26-14-5-15-27-35/h2-31H,1H3. The van der Waals surface area contributed by atoms with Crippen LogP contribution >= 0.6 is 22.7 Å². The molecule has 0 N–H and O–H groups in total. The first-order valence-electron chi connectivity index (χ1n) is 13.9. The van der Waals surface area contributed by atoms with Gasteiger partial charge in [0.2, 0.25) is 0 Å². The quantitative estimate of drug-likeness (QED) is 0.162. The molecule has 41 heavy (non-hydrogen) atoms. The van der Waals surface area contributed by atoms with Crippen molar-refractivity contribution < 1.29 is 0 Å². The van der Waals surface area contributed by atoms with Crippen molar-refractivity contribution in [3.05, 3.63) is 182 Å². The molecular weight excluding hydrogens is 549 g/mol. The van der Waals surface area contributed by atoms with Crippen molar-refractivity contribution in [3.63, 3.8) is 0 Å². The van der Waals surface area contributed by atoms with Crippen LogP contribution in [-0.4, -0.2) is 11.4 Å². The largest absolute Gasteiger partial charge is 0.0622 e. The predicted molar refractivity (Wildman–Crippen MR) is 188 cm³/mol. The lowest BCUT2D eigenvalue weighted by molar-refractivity contribution is 1.74. The van der Waals surface area contributed by atoms with Gasteiger partial charge in [0.05, 0.1) is 0 Å². The summed E-state index contributed by atoms with van der Waals surface area (Å²) in [6, 6.07) is 67.7. The Bertz CT molecular complexity index is 1510. The Balaban J connectivity index is 1.84. The molecule has 0 unspecified atom stereocenters. The summed E-state index contributed by atoms with van der Waals surface area (Å²) in [6.45, 7) is 0.495. The van der Waals surface area contributed by atoms with Crippen molar-refractivity contribution in [1.82, 2.24) is 0 Å². The van der Waals surface area contributed by atoms with E-state index in [4.69, 9.17) is 0 Å². The van der Waals surface area contributed by atoms with E-state index in [-0.39, 0.29) is 0 Å². The minimum absolute atomic E-state index is 0.841. The van der Waals surface area contributed by atoms with Crippen LogP contribution in [-0.2, 0) is 0 Å². The molecular formula is C38H33P3. The second-order valence-electron chi connectivity index (χ2n) is 9.99. The summed E-state index contributed by atoms with van der Waals surface area (Å²) in [5.74, 6) is 0. The lowest BCUT2D eigenvalue weighted by Gasteiger charge is -2.38. The fourth-order valence-electron chi connectivity index (χ4n) is 5.40. The smallest absolute Gasteiger partial charge is 0.000916 e. The first-order chi connectivity index (χ1) is 20.3. The maximum absolute atomic E-state index is 2.58. The molecule has 0 bridgehead atoms. The normalized spacial score (nSPS) is 11.5. The lowest BCUT2D eigenvalue weighted by Crippen LogP contribution is -2.30. The van der Waals surface area contributed by atoms with Crippen molar-refractivity contribution in [3.8, 4) is 0 Å². The van der Waals surface area contributed by atoms with Crippen molar-refractivity contribution >= 4 is 59.3 Å². The third-order valence-corrected chi connectivity index (χ3v) is 19.7. The average molecular weight is 583 g/mol. The molecule has 0 aliphatic rings. The first-order valence-corrected chi connectivity index (χ1v) is 18.8. The third kappa shape index (κ3) is 5.80. The highest BCUT2D eigenvalue weighted by Gasteiger charge is 2.36. The maximum atomic E-state index is 2.58. The summed E-state index contributed by atoms with van der Waals surface area (Å²) in [4.78, 5) is 0. The molecule has 6 rings (SSSR count). The molecule has 0 aromatic heterocycles. The van der Waals surface area contributed by atoms with E-state index >= 15 is 0 Å². The second-order valence-corrected chi connectivity index (χ2v) is 18.8. The summed E-state index contributed by atoms with van der Waals surface area (Å²) in [5.41, 5.74) is 0. The molecule has 0 fully saturated rings. The van der Waals surface area contributed by atoms with E-state index in [1.54, 1.807) is 4.78 Å². The van der Waals surface area contributed by atoms with E-state index in [1.807, 2.05) is 0 Å². The molecule has 0 atom stereocenters. The van der Waals surface area contributed by atoms with Gasteiger partial charge in [0.1, 0.15) is 0 Å². The van der Waals surface area contributed by atoms with Gasteiger partial charge in [-0.3, -0.25) is 0 Å². The SMILES string of the molecule is CP(=C(P(c1ccccc1)c1ccccc1)P(c1ccccc1)c1ccccc1)(c1ccccc1)c1ccccc1. The molecule has 0 spiro atoms. The molecule has 0 saturated carbocycles. The van der Waals surface area contributed by atoms with Crippen LogP contribution in [0.25, 0.3) is 0 Å². The van der Waals surface area contributed by atoms with Crippen LogP contribution in [0.15, 0.2) is 182 Å². The van der Waals surface area contributed by atoms with Crippen LogP contribution in [0.4, 0.5) is 0 Å². The van der Waals surface area contributed by atoms with Crippen LogP contribution in [0.3, 0.4) is 0 Å². The highest BCUT2D eigenvalue weighted by molar-refractivity contribution is 8.25. The Morgan fingerprint density at radius 1 is 0.341 bits per heavy atom. The van der Waals surface area contributed by atoms with Gasteiger partial charge in [0.15, 0.2) is 0 Å². The second kappa shape index (κ2) is 13.0. The van der Waals surface area contributed by atoms with Crippen LogP contribution in [0, 0.1) is 0 Å². The van der Waals surface area contributed by atoms with Crippen molar-refractivity contribution in [2.24, 2.45) is 0 Å². The van der Waals surface area contributed by atoms with Gasteiger partial charge in [-0.15, -0.1) is 0 Å². The van der Waals surface area contributed by atoms with E-state index < -0.39 is 22.7 Å². The lowest BCUT2D eigenvalue weighted by atomic mass is 10.4. The zero-order valence-corrected chi connectivity index (χ0v) is 25.8. The zero-order valence-electron chi connectivity index (χ0n) is 23.2. The summed E-state index contributed by atoms with van der Waals surface area (Å²) in [6.07, 6.45) is 0. The Morgan fingerprint density at radius 3 is 0.805 bits per heavy atom. The Kier molecular flexibility index (Phi) is 8.75. The number of rotatable bonds is 8. The summed E-state index contributed by atoms with van der Waals surface area (Å²) in [5, 5.41) is 8.48. The minimum Gasteiger partial charge on any atom is -0.0622 e. The molecule has 0 amide bonds. The number of hydrogen-bond acceptors (Lipinski definition) is 0. The maximum Gasteiger partial charge on any atom is 0.000916 e. The molecule has 0 nitrogen and oxygen atoms in total.